The van der Waals surface area contributed by atoms with Gasteiger partial charge in [-0.15, -0.1) is 0 Å². The number of anilines is 2. The van der Waals surface area contributed by atoms with E-state index in [9.17, 15) is 4.57 Å². The van der Waals surface area contributed by atoms with Crippen LogP contribution in [0.3, 0.4) is 0 Å². The molecular weight excluding hydrogens is 406 g/mol. The third kappa shape index (κ3) is 3.06. The van der Waals surface area contributed by atoms with Gasteiger partial charge in [-0.05, 0) is 13.8 Å². The molecule has 2 saturated heterocycles. The Morgan fingerprint density at radius 1 is 1.48 bits per heavy atom. The number of aromatic nitrogens is 4. The average Bonchev–Trinajstić information content (AvgIpc) is 3.05. The van der Waals surface area contributed by atoms with Gasteiger partial charge in [-0.1, -0.05) is 11.6 Å². The number of fused-ring (bicyclic) bond motifs is 2. The summed E-state index contributed by atoms with van der Waals surface area (Å²) in [6.07, 6.45) is -2.96. The second-order valence-corrected chi connectivity index (χ2v) is 8.57. The molecule has 0 spiro atoms. The molecular formula is C13H17ClFN6O5P. The molecule has 148 valence electrons. The summed E-state index contributed by atoms with van der Waals surface area (Å²) in [5, 5.41) is -2.62. The Hall–Kier alpha value is -1.56. The molecule has 2 aliphatic heterocycles. The minimum Gasteiger partial charge on any atom is -0.382 e. The van der Waals surface area contributed by atoms with Gasteiger partial charge in [-0.25, -0.2) is 13.9 Å². The number of phosphoric acid groups is 1. The molecule has 11 nitrogen and oxygen atoms in total. The van der Waals surface area contributed by atoms with Crippen molar-refractivity contribution in [3.63, 3.8) is 0 Å². The number of nitrogens with two attached hydrogens (primary N) is 2. The summed E-state index contributed by atoms with van der Waals surface area (Å²) in [4.78, 5) is 11.9. The first-order valence-electron chi connectivity index (χ1n) is 8.01. The molecule has 0 aliphatic carbocycles. The molecule has 5 atom stereocenters. The SMILES string of the molecule is CC(C)O[P@@]1(=O)OC[C@H]2O[C@@H](n3cnc4c(N)nc(N)nc43)[C@@](F)(Cl)[C@@H]2O1. The minimum atomic E-state index is -3.98. The Morgan fingerprint density at radius 2 is 2.22 bits per heavy atom. The fourth-order valence-corrected chi connectivity index (χ4v) is 5.00. The molecule has 2 aromatic heterocycles. The number of phosphoric ester groups is 1. The first-order chi connectivity index (χ1) is 12.6. The summed E-state index contributed by atoms with van der Waals surface area (Å²) in [6, 6.07) is 0. The maximum absolute atomic E-state index is 15.5. The highest BCUT2D eigenvalue weighted by Gasteiger charge is 2.63. The Bertz CT molecular complexity index is 941. The van der Waals surface area contributed by atoms with Gasteiger partial charge in [0.15, 0.2) is 23.8 Å². The third-order valence-electron chi connectivity index (χ3n) is 4.05. The lowest BCUT2D eigenvalue weighted by Gasteiger charge is -2.33. The molecule has 0 radical (unpaired) electrons. The number of nitrogens with zero attached hydrogens (tertiary/aromatic N) is 4. The molecule has 0 aromatic carbocycles. The van der Waals surface area contributed by atoms with Crippen LogP contribution in [0.15, 0.2) is 6.33 Å². The van der Waals surface area contributed by atoms with Crippen LogP contribution in [0.4, 0.5) is 16.2 Å². The number of rotatable bonds is 3. The van der Waals surface area contributed by atoms with Crippen molar-refractivity contribution >= 4 is 42.4 Å². The van der Waals surface area contributed by atoms with Crippen LogP contribution in [0.25, 0.3) is 11.2 Å². The number of nitrogen functional groups attached to an aromatic ring is 2. The van der Waals surface area contributed by atoms with Gasteiger partial charge in [0.2, 0.25) is 5.95 Å². The van der Waals surface area contributed by atoms with Gasteiger partial charge in [0.05, 0.1) is 19.0 Å². The van der Waals surface area contributed by atoms with Crippen LogP contribution in [0.1, 0.15) is 20.1 Å². The van der Waals surface area contributed by atoms with Crippen molar-refractivity contribution in [2.75, 3.05) is 18.1 Å². The monoisotopic (exact) mass is 422 g/mol. The van der Waals surface area contributed by atoms with Crippen LogP contribution in [-0.2, 0) is 22.9 Å². The zero-order chi connectivity index (χ0) is 19.6. The van der Waals surface area contributed by atoms with Gasteiger partial charge >= 0.3 is 7.82 Å². The molecule has 27 heavy (non-hydrogen) atoms. The van der Waals surface area contributed by atoms with Crippen LogP contribution in [0.2, 0.25) is 0 Å². The van der Waals surface area contributed by atoms with E-state index in [-0.39, 0.29) is 29.5 Å². The number of hydrogen-bond acceptors (Lipinski definition) is 10. The Balaban J connectivity index is 1.70. The fourth-order valence-electron chi connectivity index (χ4n) is 3.01. The smallest absolute Gasteiger partial charge is 0.382 e. The third-order valence-corrected chi connectivity index (χ3v) is 6.08. The zero-order valence-electron chi connectivity index (χ0n) is 14.3. The number of alkyl halides is 2. The van der Waals surface area contributed by atoms with Crippen molar-refractivity contribution in [2.45, 2.75) is 43.5 Å². The summed E-state index contributed by atoms with van der Waals surface area (Å²) in [5.41, 5.74) is 11.7. The van der Waals surface area contributed by atoms with Crippen molar-refractivity contribution in [2.24, 2.45) is 0 Å². The molecule has 2 aliphatic rings. The first-order valence-corrected chi connectivity index (χ1v) is 9.85. The van der Waals surface area contributed by atoms with E-state index in [1.165, 1.54) is 10.9 Å². The van der Waals surface area contributed by atoms with Crippen molar-refractivity contribution < 1.29 is 27.3 Å². The van der Waals surface area contributed by atoms with Crippen LogP contribution < -0.4 is 11.5 Å². The Labute approximate surface area is 157 Å². The van der Waals surface area contributed by atoms with Crippen molar-refractivity contribution in [1.29, 1.82) is 0 Å². The molecule has 4 rings (SSSR count). The van der Waals surface area contributed by atoms with Gasteiger partial charge in [-0.3, -0.25) is 18.1 Å². The van der Waals surface area contributed by atoms with E-state index < -0.39 is 37.5 Å². The molecule has 0 unspecified atom stereocenters. The second-order valence-electron chi connectivity index (χ2n) is 6.42. The highest BCUT2D eigenvalue weighted by atomic mass is 35.5. The van der Waals surface area contributed by atoms with Gasteiger partial charge in [-0.2, -0.15) is 9.97 Å². The van der Waals surface area contributed by atoms with Gasteiger partial charge in [0.25, 0.3) is 5.13 Å². The number of ether oxygens (including phenoxy) is 1. The Kier molecular flexibility index (Phi) is 4.33. The summed E-state index contributed by atoms with van der Waals surface area (Å²) in [5.74, 6) is -0.0919. The molecule has 4 heterocycles. The molecule has 4 N–H and O–H groups in total. The van der Waals surface area contributed by atoms with E-state index in [0.29, 0.717) is 0 Å². The molecule has 0 bridgehead atoms. The van der Waals surface area contributed by atoms with Gasteiger partial charge in [0.1, 0.15) is 11.6 Å². The van der Waals surface area contributed by atoms with Crippen molar-refractivity contribution in [1.82, 2.24) is 19.5 Å². The van der Waals surface area contributed by atoms with Gasteiger partial charge in [0, 0.05) is 0 Å². The van der Waals surface area contributed by atoms with E-state index in [2.05, 4.69) is 15.0 Å². The van der Waals surface area contributed by atoms with Gasteiger partial charge < -0.3 is 16.2 Å². The molecule has 2 fully saturated rings. The predicted octanol–water partition coefficient (Wildman–Crippen LogP) is 1.74. The van der Waals surface area contributed by atoms with Crippen molar-refractivity contribution in [3.05, 3.63) is 6.33 Å². The lowest BCUT2D eigenvalue weighted by atomic mass is 10.1. The maximum atomic E-state index is 15.5. The highest BCUT2D eigenvalue weighted by molar-refractivity contribution is 7.48. The van der Waals surface area contributed by atoms with E-state index in [4.69, 9.17) is 41.4 Å². The minimum absolute atomic E-state index is 0.0279. The zero-order valence-corrected chi connectivity index (χ0v) is 15.9. The summed E-state index contributed by atoms with van der Waals surface area (Å²) >= 11 is 6.14. The average molecular weight is 423 g/mol. The highest BCUT2D eigenvalue weighted by Crippen LogP contribution is 2.61. The molecule has 0 saturated carbocycles. The van der Waals surface area contributed by atoms with E-state index in [0.717, 1.165) is 0 Å². The molecule has 2 aromatic rings. The molecule has 0 amide bonds. The second kappa shape index (κ2) is 6.23. The van der Waals surface area contributed by atoms with E-state index in [1.54, 1.807) is 13.8 Å². The maximum Gasteiger partial charge on any atom is 0.475 e. The quantitative estimate of drug-likeness (QED) is 0.553. The summed E-state index contributed by atoms with van der Waals surface area (Å²) in [7, 11) is -3.98. The lowest BCUT2D eigenvalue weighted by Crippen LogP contribution is -2.43. The van der Waals surface area contributed by atoms with Crippen LogP contribution in [-0.4, -0.2) is 49.6 Å². The Morgan fingerprint density at radius 3 is 2.93 bits per heavy atom. The fraction of sp³-hybridized carbons (Fsp3) is 0.615. The summed E-state index contributed by atoms with van der Waals surface area (Å²) < 4.78 is 50.5. The predicted molar refractivity (Wildman–Crippen MR) is 92.4 cm³/mol. The number of imidazole rings is 1. The summed E-state index contributed by atoms with van der Waals surface area (Å²) in [6.45, 7) is 3.05. The van der Waals surface area contributed by atoms with E-state index in [1.807, 2.05) is 0 Å². The van der Waals surface area contributed by atoms with Crippen LogP contribution in [0.5, 0.6) is 0 Å². The largest absolute Gasteiger partial charge is 0.475 e. The number of hydrogen-bond donors (Lipinski definition) is 2. The normalized spacial score (nSPS) is 36.4. The van der Waals surface area contributed by atoms with Crippen molar-refractivity contribution in [3.8, 4) is 0 Å². The standard InChI is InChI=1S/C13H17ClFN6O5P/c1-5(2)25-27(22)23-3-6-8(26-27)13(14,15)11(24-6)21-4-18-7-9(16)19-12(17)20-10(7)21/h4-6,8,11H,3H2,1-2H3,(H4,16,17,19,20)/t6-,8-,11-,13-,27-/m1/s1. The lowest BCUT2D eigenvalue weighted by molar-refractivity contribution is -0.0733. The number of halogens is 2. The first kappa shape index (κ1) is 18.8. The van der Waals surface area contributed by atoms with E-state index >= 15 is 4.39 Å². The van der Waals surface area contributed by atoms with Crippen LogP contribution >= 0.6 is 19.4 Å². The molecule has 14 heteroatoms. The van der Waals surface area contributed by atoms with Crippen LogP contribution in [0, 0.1) is 0 Å². The topological polar surface area (TPSA) is 150 Å².